The van der Waals surface area contributed by atoms with E-state index in [1.54, 1.807) is 12.3 Å². The lowest BCUT2D eigenvalue weighted by atomic mass is 9.84. The summed E-state index contributed by atoms with van der Waals surface area (Å²) in [4.78, 5) is 19.2. The van der Waals surface area contributed by atoms with E-state index in [4.69, 9.17) is 4.42 Å². The number of pyridine rings is 1. The zero-order chi connectivity index (χ0) is 24.4. The molecule has 0 saturated carbocycles. The molecule has 35 heavy (non-hydrogen) atoms. The molecule has 1 aliphatic rings. The lowest BCUT2D eigenvalue weighted by Crippen LogP contribution is -2.42. The largest absolute Gasteiger partial charge is 0.451 e. The van der Waals surface area contributed by atoms with Crippen LogP contribution in [0.15, 0.2) is 71.4 Å². The molecule has 1 aromatic carbocycles. The Bertz CT molecular complexity index is 1300. The monoisotopic (exact) mass is 472 g/mol. The molecule has 1 fully saturated rings. The number of benzene rings is 1. The summed E-state index contributed by atoms with van der Waals surface area (Å²) in [5.41, 5.74) is 1.80. The van der Waals surface area contributed by atoms with Crippen molar-refractivity contribution in [1.82, 2.24) is 19.8 Å². The van der Waals surface area contributed by atoms with Crippen LogP contribution in [-0.2, 0) is 12.1 Å². The fraction of sp³-hybridized carbons (Fsp3) is 0.357. The Labute approximate surface area is 205 Å². The minimum Gasteiger partial charge on any atom is -0.451 e. The van der Waals surface area contributed by atoms with Gasteiger partial charge in [0.05, 0.1) is 5.60 Å². The Kier molecular flexibility index (Phi) is 6.45. The van der Waals surface area contributed by atoms with Gasteiger partial charge in [-0.2, -0.15) is 0 Å². The van der Waals surface area contributed by atoms with Gasteiger partial charge < -0.3 is 19.4 Å². The summed E-state index contributed by atoms with van der Waals surface area (Å²) >= 11 is 0. The van der Waals surface area contributed by atoms with Crippen LogP contribution in [0.1, 0.15) is 48.5 Å². The standard InChI is InChI=1S/C28H32N4O3/c1-20(2)18-30-27(33)25-17-21-16-22(8-9-24(21)35-25)28(34)10-14-31(15-11-28)19-23-6-5-13-32(23)26-7-3-4-12-29-26/h3-9,12-13,16-17,20,34H,10-11,14-15,18-19H2,1-2H3,(H,30,33). The molecule has 0 bridgehead atoms. The SMILES string of the molecule is CC(C)CNC(=O)c1cc2cc(C3(O)CCN(Cc4cccn4-c4ccccn4)CC3)ccc2o1. The number of hydrogen-bond donors (Lipinski definition) is 2. The van der Waals surface area contributed by atoms with Crippen molar-refractivity contribution < 1.29 is 14.3 Å². The Morgan fingerprint density at radius 3 is 2.71 bits per heavy atom. The van der Waals surface area contributed by atoms with Crippen molar-refractivity contribution in [1.29, 1.82) is 0 Å². The lowest BCUT2D eigenvalue weighted by Gasteiger charge is -2.38. The van der Waals surface area contributed by atoms with Crippen LogP contribution in [-0.4, -0.2) is 45.1 Å². The number of carbonyl (C=O) groups is 1. The maximum atomic E-state index is 12.4. The average Bonchev–Trinajstić information content (AvgIpc) is 3.51. The number of furan rings is 1. The van der Waals surface area contributed by atoms with E-state index in [1.165, 1.54) is 5.69 Å². The van der Waals surface area contributed by atoms with Crippen molar-refractivity contribution in [3.8, 4) is 5.82 Å². The van der Waals surface area contributed by atoms with Crippen molar-refractivity contribution >= 4 is 16.9 Å². The summed E-state index contributed by atoms with van der Waals surface area (Å²) in [6, 6.07) is 17.6. The third-order valence-electron chi connectivity index (χ3n) is 6.75. The second-order valence-corrected chi connectivity index (χ2v) is 9.83. The van der Waals surface area contributed by atoms with Gasteiger partial charge in [-0.1, -0.05) is 26.0 Å². The van der Waals surface area contributed by atoms with Gasteiger partial charge in [-0.05, 0) is 66.8 Å². The Morgan fingerprint density at radius 2 is 1.97 bits per heavy atom. The summed E-state index contributed by atoms with van der Waals surface area (Å²) < 4.78 is 7.87. The van der Waals surface area contributed by atoms with Gasteiger partial charge in [0.15, 0.2) is 5.76 Å². The highest BCUT2D eigenvalue weighted by Crippen LogP contribution is 2.35. The Morgan fingerprint density at radius 1 is 1.14 bits per heavy atom. The molecule has 0 aliphatic carbocycles. The Hall–Kier alpha value is -3.42. The molecule has 7 nitrogen and oxygen atoms in total. The van der Waals surface area contributed by atoms with Crippen LogP contribution in [0.25, 0.3) is 16.8 Å². The summed E-state index contributed by atoms with van der Waals surface area (Å²) in [6.45, 7) is 7.08. The zero-order valence-corrected chi connectivity index (χ0v) is 20.3. The minimum absolute atomic E-state index is 0.209. The first kappa shape index (κ1) is 23.3. The number of aromatic nitrogens is 2. The van der Waals surface area contributed by atoms with Crippen LogP contribution in [0.4, 0.5) is 0 Å². The van der Waals surface area contributed by atoms with Crippen molar-refractivity contribution in [2.45, 2.75) is 38.8 Å². The number of nitrogens with one attached hydrogen (secondary N) is 1. The smallest absolute Gasteiger partial charge is 0.287 e. The van der Waals surface area contributed by atoms with Crippen LogP contribution in [0.2, 0.25) is 0 Å². The molecule has 4 heterocycles. The lowest BCUT2D eigenvalue weighted by molar-refractivity contribution is -0.0279. The molecule has 1 amide bonds. The molecular weight excluding hydrogens is 440 g/mol. The van der Waals surface area contributed by atoms with Crippen LogP contribution in [0.3, 0.4) is 0 Å². The van der Waals surface area contributed by atoms with E-state index in [2.05, 4.69) is 39.7 Å². The molecule has 1 aliphatic heterocycles. The van der Waals surface area contributed by atoms with Gasteiger partial charge in [0.25, 0.3) is 5.91 Å². The molecule has 2 N–H and O–H groups in total. The number of hydrogen-bond acceptors (Lipinski definition) is 5. The molecule has 1 saturated heterocycles. The molecule has 0 unspecified atom stereocenters. The highest BCUT2D eigenvalue weighted by Gasteiger charge is 2.34. The quantitative estimate of drug-likeness (QED) is 0.414. The predicted molar refractivity (Wildman–Crippen MR) is 135 cm³/mol. The normalized spacial score (nSPS) is 16.1. The third-order valence-corrected chi connectivity index (χ3v) is 6.75. The van der Waals surface area contributed by atoms with E-state index in [0.29, 0.717) is 36.6 Å². The van der Waals surface area contributed by atoms with E-state index in [-0.39, 0.29) is 5.91 Å². The van der Waals surface area contributed by atoms with Crippen LogP contribution in [0, 0.1) is 5.92 Å². The number of aliphatic hydroxyl groups is 1. The number of nitrogens with zero attached hydrogens (tertiary/aromatic N) is 3. The van der Waals surface area contributed by atoms with E-state index in [1.807, 2.05) is 48.7 Å². The first-order valence-corrected chi connectivity index (χ1v) is 12.3. The first-order chi connectivity index (χ1) is 16.9. The zero-order valence-electron chi connectivity index (χ0n) is 20.3. The molecule has 7 heteroatoms. The number of piperidine rings is 1. The van der Waals surface area contributed by atoms with Crippen LogP contribution >= 0.6 is 0 Å². The van der Waals surface area contributed by atoms with Gasteiger partial charge in [0.1, 0.15) is 11.4 Å². The molecule has 0 atom stereocenters. The summed E-state index contributed by atoms with van der Waals surface area (Å²) in [6.07, 6.45) is 5.12. The predicted octanol–water partition coefficient (Wildman–Crippen LogP) is 4.49. The molecular formula is C28H32N4O3. The Balaban J connectivity index is 1.26. The maximum absolute atomic E-state index is 12.4. The van der Waals surface area contributed by atoms with Crippen molar-refractivity contribution in [3.63, 3.8) is 0 Å². The van der Waals surface area contributed by atoms with Crippen LogP contribution in [0.5, 0.6) is 0 Å². The molecule has 4 aromatic rings. The van der Waals surface area contributed by atoms with Gasteiger partial charge in [-0.15, -0.1) is 0 Å². The molecule has 5 rings (SSSR count). The van der Waals surface area contributed by atoms with Gasteiger partial charge in [0, 0.05) is 49.7 Å². The van der Waals surface area contributed by atoms with Crippen molar-refractivity contribution in [3.05, 3.63) is 84.0 Å². The molecule has 182 valence electrons. The van der Waals surface area contributed by atoms with Crippen molar-refractivity contribution in [2.75, 3.05) is 19.6 Å². The van der Waals surface area contributed by atoms with E-state index in [9.17, 15) is 9.90 Å². The van der Waals surface area contributed by atoms with Gasteiger partial charge in [-0.25, -0.2) is 4.98 Å². The number of likely N-dealkylation sites (tertiary alicyclic amines) is 1. The topological polar surface area (TPSA) is 83.5 Å². The number of fused-ring (bicyclic) bond motifs is 1. The second kappa shape index (κ2) is 9.68. The highest BCUT2D eigenvalue weighted by atomic mass is 16.3. The van der Waals surface area contributed by atoms with Gasteiger partial charge in [0.2, 0.25) is 0 Å². The summed E-state index contributed by atoms with van der Waals surface area (Å²) in [5.74, 6) is 1.37. The maximum Gasteiger partial charge on any atom is 0.287 e. The number of amides is 1. The van der Waals surface area contributed by atoms with Gasteiger partial charge in [-0.3, -0.25) is 9.69 Å². The number of rotatable bonds is 7. The minimum atomic E-state index is -0.898. The summed E-state index contributed by atoms with van der Waals surface area (Å²) in [5, 5.41) is 15.2. The average molecular weight is 473 g/mol. The molecule has 3 aromatic heterocycles. The number of carbonyl (C=O) groups excluding carboxylic acids is 1. The highest BCUT2D eigenvalue weighted by molar-refractivity contribution is 5.96. The third kappa shape index (κ3) is 5.01. The summed E-state index contributed by atoms with van der Waals surface area (Å²) in [7, 11) is 0. The van der Waals surface area contributed by atoms with E-state index < -0.39 is 5.60 Å². The van der Waals surface area contributed by atoms with Gasteiger partial charge >= 0.3 is 0 Å². The van der Waals surface area contributed by atoms with E-state index in [0.717, 1.165) is 36.4 Å². The fourth-order valence-corrected chi connectivity index (χ4v) is 4.69. The van der Waals surface area contributed by atoms with E-state index >= 15 is 0 Å². The molecule has 0 spiro atoms. The fourth-order valence-electron chi connectivity index (χ4n) is 4.69. The first-order valence-electron chi connectivity index (χ1n) is 12.3. The second-order valence-electron chi connectivity index (χ2n) is 9.83. The van der Waals surface area contributed by atoms with Crippen LogP contribution < -0.4 is 5.32 Å². The van der Waals surface area contributed by atoms with Crippen molar-refractivity contribution in [2.24, 2.45) is 5.92 Å². The molecule has 0 radical (unpaired) electrons.